The van der Waals surface area contributed by atoms with E-state index in [2.05, 4.69) is 43.0 Å². The van der Waals surface area contributed by atoms with Crippen molar-refractivity contribution in [2.75, 3.05) is 13.1 Å². The molecule has 1 aliphatic carbocycles. The number of carbonyl (C=O) groups excluding carboxylic acids is 1. The smallest absolute Gasteiger partial charge is 0.137 e. The first-order chi connectivity index (χ1) is 9.27. The van der Waals surface area contributed by atoms with Crippen LogP contribution < -0.4 is 0 Å². The van der Waals surface area contributed by atoms with Crippen LogP contribution in [0.2, 0.25) is 0 Å². The van der Waals surface area contributed by atoms with E-state index in [1.807, 2.05) is 6.07 Å². The maximum Gasteiger partial charge on any atom is 0.137 e. The largest absolute Gasteiger partial charge is 0.299 e. The molecule has 2 nitrogen and oxygen atoms in total. The number of ketones is 1. The van der Waals surface area contributed by atoms with Crippen molar-refractivity contribution in [1.82, 2.24) is 4.90 Å². The van der Waals surface area contributed by atoms with Gasteiger partial charge in [0.25, 0.3) is 0 Å². The van der Waals surface area contributed by atoms with E-state index >= 15 is 0 Å². The Bertz CT molecular complexity index is 397. The molecule has 0 saturated heterocycles. The zero-order valence-electron chi connectivity index (χ0n) is 12.1. The lowest BCUT2D eigenvalue weighted by Crippen LogP contribution is -2.38. The molecular weight excluding hydrogens is 234 g/mol. The highest BCUT2D eigenvalue weighted by Crippen LogP contribution is 2.36. The van der Waals surface area contributed by atoms with Gasteiger partial charge >= 0.3 is 0 Å². The first-order valence-corrected chi connectivity index (χ1v) is 7.59. The lowest BCUT2D eigenvalue weighted by Gasteiger charge is -2.37. The zero-order chi connectivity index (χ0) is 13.7. The monoisotopic (exact) mass is 259 g/mol. The van der Waals surface area contributed by atoms with E-state index in [1.54, 1.807) is 0 Å². The minimum Gasteiger partial charge on any atom is -0.299 e. The number of nitrogens with zero attached hydrogens (tertiary/aromatic N) is 1. The third-order valence-electron chi connectivity index (χ3n) is 4.33. The number of carbonyl (C=O) groups is 1. The molecule has 0 radical (unpaired) electrons. The van der Waals surface area contributed by atoms with E-state index in [0.717, 1.165) is 32.4 Å². The Labute approximate surface area is 116 Å². The van der Waals surface area contributed by atoms with Gasteiger partial charge in [0.2, 0.25) is 0 Å². The molecule has 0 spiro atoms. The highest BCUT2D eigenvalue weighted by Gasteiger charge is 2.33. The molecule has 0 bridgehead atoms. The number of benzene rings is 1. The van der Waals surface area contributed by atoms with E-state index in [9.17, 15) is 4.79 Å². The third-order valence-corrected chi connectivity index (χ3v) is 4.33. The van der Waals surface area contributed by atoms with Gasteiger partial charge in [-0.15, -0.1) is 0 Å². The Hall–Kier alpha value is -1.15. The van der Waals surface area contributed by atoms with Crippen LogP contribution in [0.5, 0.6) is 0 Å². The molecule has 2 unspecified atom stereocenters. The Morgan fingerprint density at radius 2 is 1.84 bits per heavy atom. The summed E-state index contributed by atoms with van der Waals surface area (Å²) in [7, 11) is 0. The van der Waals surface area contributed by atoms with E-state index in [4.69, 9.17) is 0 Å². The van der Waals surface area contributed by atoms with Crippen molar-refractivity contribution >= 4 is 5.78 Å². The molecule has 1 fully saturated rings. The molecule has 1 aliphatic rings. The minimum absolute atomic E-state index is 0.191. The second-order valence-electron chi connectivity index (χ2n) is 5.40. The van der Waals surface area contributed by atoms with Crippen molar-refractivity contribution < 1.29 is 4.79 Å². The fourth-order valence-corrected chi connectivity index (χ4v) is 3.31. The minimum atomic E-state index is 0.191. The summed E-state index contributed by atoms with van der Waals surface area (Å²) in [5.41, 5.74) is 1.30. The highest BCUT2D eigenvalue weighted by molar-refractivity contribution is 5.82. The van der Waals surface area contributed by atoms with Gasteiger partial charge in [0.15, 0.2) is 0 Å². The maximum absolute atomic E-state index is 12.3. The van der Waals surface area contributed by atoms with Crippen molar-refractivity contribution in [2.24, 2.45) is 5.92 Å². The second-order valence-corrected chi connectivity index (χ2v) is 5.40. The van der Waals surface area contributed by atoms with Crippen molar-refractivity contribution in [3.8, 4) is 0 Å². The van der Waals surface area contributed by atoms with Gasteiger partial charge in [-0.05, 0) is 31.5 Å². The van der Waals surface area contributed by atoms with Gasteiger partial charge in [-0.25, -0.2) is 0 Å². The summed E-state index contributed by atoms with van der Waals surface area (Å²) in [5, 5.41) is 0. The molecule has 2 heteroatoms. The lowest BCUT2D eigenvalue weighted by atomic mass is 9.79. The molecule has 0 heterocycles. The number of Topliss-reactive ketones (excluding diaryl/α,β-unsaturated/α-hetero) is 1. The highest BCUT2D eigenvalue weighted by atomic mass is 16.1. The molecule has 1 saturated carbocycles. The summed E-state index contributed by atoms with van der Waals surface area (Å²) >= 11 is 0. The van der Waals surface area contributed by atoms with Crippen LogP contribution in [-0.2, 0) is 4.79 Å². The van der Waals surface area contributed by atoms with E-state index in [0.29, 0.717) is 5.78 Å². The molecule has 0 amide bonds. The molecular formula is C17H25NO. The predicted octanol–water partition coefficient (Wildman–Crippen LogP) is 3.83. The Kier molecular flexibility index (Phi) is 5.15. The van der Waals surface area contributed by atoms with Crippen LogP contribution in [0.15, 0.2) is 30.3 Å². The van der Waals surface area contributed by atoms with Crippen molar-refractivity contribution in [2.45, 2.75) is 45.6 Å². The summed E-state index contributed by atoms with van der Waals surface area (Å²) in [5.74, 6) is 0.656. The van der Waals surface area contributed by atoms with Crippen molar-refractivity contribution in [3.05, 3.63) is 35.9 Å². The van der Waals surface area contributed by atoms with Crippen LogP contribution in [0.1, 0.15) is 51.1 Å². The molecule has 0 N–H and O–H groups in total. The quantitative estimate of drug-likeness (QED) is 0.801. The van der Waals surface area contributed by atoms with Gasteiger partial charge in [0.05, 0.1) is 0 Å². The molecule has 104 valence electrons. The van der Waals surface area contributed by atoms with E-state index < -0.39 is 0 Å². The summed E-state index contributed by atoms with van der Waals surface area (Å²) < 4.78 is 0. The van der Waals surface area contributed by atoms with Crippen LogP contribution in [-0.4, -0.2) is 23.8 Å². The lowest BCUT2D eigenvalue weighted by molar-refractivity contribution is -0.127. The predicted molar refractivity (Wildman–Crippen MR) is 79.1 cm³/mol. The summed E-state index contributed by atoms with van der Waals surface area (Å²) in [4.78, 5) is 14.8. The number of hydrogen-bond acceptors (Lipinski definition) is 2. The number of rotatable bonds is 5. The van der Waals surface area contributed by atoms with E-state index in [-0.39, 0.29) is 12.0 Å². The van der Waals surface area contributed by atoms with Crippen LogP contribution in [0.4, 0.5) is 0 Å². The van der Waals surface area contributed by atoms with Gasteiger partial charge in [0.1, 0.15) is 5.78 Å². The van der Waals surface area contributed by atoms with Crippen LogP contribution in [0, 0.1) is 5.92 Å². The van der Waals surface area contributed by atoms with Crippen LogP contribution >= 0.6 is 0 Å². The maximum atomic E-state index is 12.3. The molecule has 1 aromatic carbocycles. The number of hydrogen-bond donors (Lipinski definition) is 0. The average Bonchev–Trinajstić information content (AvgIpc) is 2.47. The second kappa shape index (κ2) is 6.85. The zero-order valence-corrected chi connectivity index (χ0v) is 12.1. The Morgan fingerprint density at radius 1 is 1.16 bits per heavy atom. The molecule has 1 aromatic rings. The molecule has 0 aliphatic heterocycles. The van der Waals surface area contributed by atoms with Gasteiger partial charge in [0, 0.05) is 18.4 Å². The summed E-state index contributed by atoms with van der Waals surface area (Å²) in [6.07, 6.45) is 4.10. The molecule has 19 heavy (non-hydrogen) atoms. The molecule has 0 aromatic heterocycles. The van der Waals surface area contributed by atoms with Gasteiger partial charge in [-0.3, -0.25) is 9.69 Å². The first-order valence-electron chi connectivity index (χ1n) is 7.59. The third kappa shape index (κ3) is 3.24. The van der Waals surface area contributed by atoms with Crippen LogP contribution in [0.25, 0.3) is 0 Å². The van der Waals surface area contributed by atoms with Crippen molar-refractivity contribution in [1.29, 1.82) is 0 Å². The van der Waals surface area contributed by atoms with Gasteiger partial charge in [-0.2, -0.15) is 0 Å². The standard InChI is InChI=1S/C17H25NO/c1-3-18(4-2)17(14-10-6-5-7-11-14)15-12-8-9-13-16(15)19/h5-7,10-11,15,17H,3-4,8-9,12-13H2,1-2H3. The fraction of sp³-hybridized carbons (Fsp3) is 0.588. The van der Waals surface area contributed by atoms with E-state index in [1.165, 1.54) is 12.0 Å². The molecule has 2 atom stereocenters. The average molecular weight is 259 g/mol. The normalized spacial score (nSPS) is 21.6. The SMILES string of the molecule is CCN(CC)C(c1ccccc1)C1CCCCC1=O. The Balaban J connectivity index is 2.30. The van der Waals surface area contributed by atoms with Gasteiger partial charge < -0.3 is 0 Å². The first kappa shape index (κ1) is 14.3. The topological polar surface area (TPSA) is 20.3 Å². The fourth-order valence-electron chi connectivity index (χ4n) is 3.31. The summed E-state index contributed by atoms with van der Waals surface area (Å²) in [6.45, 7) is 6.37. The van der Waals surface area contributed by atoms with Gasteiger partial charge in [-0.1, -0.05) is 50.6 Å². The van der Waals surface area contributed by atoms with Crippen molar-refractivity contribution in [3.63, 3.8) is 0 Å². The van der Waals surface area contributed by atoms with Crippen LogP contribution in [0.3, 0.4) is 0 Å². The Morgan fingerprint density at radius 3 is 2.42 bits per heavy atom. The molecule has 2 rings (SSSR count). The summed E-state index contributed by atoms with van der Waals surface area (Å²) in [6, 6.07) is 10.8.